The van der Waals surface area contributed by atoms with Gasteiger partial charge < -0.3 is 10.2 Å². The third kappa shape index (κ3) is 4.49. The molecule has 0 spiro atoms. The van der Waals surface area contributed by atoms with Gasteiger partial charge in [-0.3, -0.25) is 0 Å². The highest BCUT2D eigenvalue weighted by molar-refractivity contribution is 5.27. The van der Waals surface area contributed by atoms with Gasteiger partial charge in [-0.15, -0.1) is 0 Å². The molecule has 96 valence electrons. The minimum atomic E-state index is -0.649. The van der Waals surface area contributed by atoms with Gasteiger partial charge in [0.05, 0.1) is 12.2 Å². The standard InChI is InChI=1S/C15H24O2/c1-11(16)14(17)10-7-12-5-8-13(9-6-12)15(2,3)4/h5-6,8-9,11,14,16-17H,7,10H2,1-4H3. The second-order valence-electron chi connectivity index (χ2n) is 5.79. The third-order valence-corrected chi connectivity index (χ3v) is 3.11. The summed E-state index contributed by atoms with van der Waals surface area (Å²) in [4.78, 5) is 0. The maximum Gasteiger partial charge on any atom is 0.0799 e. The number of benzene rings is 1. The molecule has 2 heteroatoms. The van der Waals surface area contributed by atoms with Gasteiger partial charge in [-0.05, 0) is 36.3 Å². The number of hydrogen-bond donors (Lipinski definition) is 2. The summed E-state index contributed by atoms with van der Waals surface area (Å²) in [6, 6.07) is 8.50. The summed E-state index contributed by atoms with van der Waals surface area (Å²) in [6.07, 6.45) is 0.129. The van der Waals surface area contributed by atoms with Crippen molar-refractivity contribution in [3.05, 3.63) is 35.4 Å². The average Bonchev–Trinajstić information content (AvgIpc) is 2.25. The van der Waals surface area contributed by atoms with Gasteiger partial charge in [0, 0.05) is 0 Å². The van der Waals surface area contributed by atoms with Crippen molar-refractivity contribution in [3.8, 4) is 0 Å². The molecule has 2 nitrogen and oxygen atoms in total. The largest absolute Gasteiger partial charge is 0.391 e. The van der Waals surface area contributed by atoms with Gasteiger partial charge in [-0.25, -0.2) is 0 Å². The highest BCUT2D eigenvalue weighted by atomic mass is 16.3. The van der Waals surface area contributed by atoms with Crippen molar-refractivity contribution in [1.29, 1.82) is 0 Å². The first kappa shape index (κ1) is 14.2. The molecule has 0 heterocycles. The summed E-state index contributed by atoms with van der Waals surface area (Å²) in [5.74, 6) is 0. The Labute approximate surface area is 104 Å². The van der Waals surface area contributed by atoms with Crippen LogP contribution < -0.4 is 0 Å². The summed E-state index contributed by atoms with van der Waals surface area (Å²) < 4.78 is 0. The summed E-state index contributed by atoms with van der Waals surface area (Å²) in [7, 11) is 0. The molecule has 1 aromatic carbocycles. The van der Waals surface area contributed by atoms with Crippen LogP contribution in [0.15, 0.2) is 24.3 Å². The van der Waals surface area contributed by atoms with Gasteiger partial charge in [0.2, 0.25) is 0 Å². The lowest BCUT2D eigenvalue weighted by molar-refractivity contribution is 0.0265. The number of rotatable bonds is 4. The van der Waals surface area contributed by atoms with Gasteiger partial charge in [-0.1, -0.05) is 45.0 Å². The number of aryl methyl sites for hydroxylation is 1. The summed E-state index contributed by atoms with van der Waals surface area (Å²) in [5.41, 5.74) is 2.70. The first-order chi connectivity index (χ1) is 7.80. The van der Waals surface area contributed by atoms with E-state index in [1.165, 1.54) is 11.1 Å². The van der Waals surface area contributed by atoms with Crippen molar-refractivity contribution >= 4 is 0 Å². The van der Waals surface area contributed by atoms with E-state index >= 15 is 0 Å². The highest BCUT2D eigenvalue weighted by Crippen LogP contribution is 2.22. The van der Waals surface area contributed by atoms with Crippen LogP contribution in [0.4, 0.5) is 0 Å². The highest BCUT2D eigenvalue weighted by Gasteiger charge is 2.13. The molecule has 0 aliphatic heterocycles. The second-order valence-corrected chi connectivity index (χ2v) is 5.79. The van der Waals surface area contributed by atoms with E-state index in [0.717, 1.165) is 6.42 Å². The maximum atomic E-state index is 9.52. The van der Waals surface area contributed by atoms with Crippen molar-refractivity contribution in [2.75, 3.05) is 0 Å². The first-order valence-electron chi connectivity index (χ1n) is 6.26. The van der Waals surface area contributed by atoms with E-state index in [2.05, 4.69) is 45.0 Å². The molecule has 1 rings (SSSR count). The molecule has 0 fully saturated rings. The first-order valence-corrected chi connectivity index (χ1v) is 6.26. The molecule has 0 aliphatic rings. The van der Waals surface area contributed by atoms with Gasteiger partial charge in [0.1, 0.15) is 0 Å². The van der Waals surface area contributed by atoms with E-state index in [1.807, 2.05) is 0 Å². The van der Waals surface area contributed by atoms with Gasteiger partial charge in [0.25, 0.3) is 0 Å². The normalized spacial score (nSPS) is 15.6. The SMILES string of the molecule is CC(O)C(O)CCc1ccc(C(C)(C)C)cc1. The van der Waals surface area contributed by atoms with Crippen LogP contribution in [0.25, 0.3) is 0 Å². The fraction of sp³-hybridized carbons (Fsp3) is 0.600. The Hall–Kier alpha value is -0.860. The molecule has 0 amide bonds. The molecule has 0 aliphatic carbocycles. The Balaban J connectivity index is 2.57. The van der Waals surface area contributed by atoms with E-state index < -0.39 is 12.2 Å². The maximum absolute atomic E-state index is 9.52. The minimum Gasteiger partial charge on any atom is -0.391 e. The van der Waals surface area contributed by atoms with E-state index in [0.29, 0.717) is 6.42 Å². The Bertz CT molecular complexity index is 333. The van der Waals surface area contributed by atoms with Gasteiger partial charge in [0.15, 0.2) is 0 Å². The molecule has 1 aromatic rings. The van der Waals surface area contributed by atoms with E-state index in [4.69, 9.17) is 0 Å². The Morgan fingerprint density at radius 3 is 2.00 bits per heavy atom. The third-order valence-electron chi connectivity index (χ3n) is 3.11. The smallest absolute Gasteiger partial charge is 0.0799 e. The molecule has 0 aromatic heterocycles. The molecule has 0 radical (unpaired) electrons. The predicted molar refractivity (Wildman–Crippen MR) is 71.2 cm³/mol. The minimum absolute atomic E-state index is 0.178. The quantitative estimate of drug-likeness (QED) is 0.843. The fourth-order valence-corrected chi connectivity index (χ4v) is 1.73. The predicted octanol–water partition coefficient (Wildman–Crippen LogP) is 2.66. The van der Waals surface area contributed by atoms with Crippen LogP contribution in [-0.2, 0) is 11.8 Å². The zero-order valence-electron chi connectivity index (χ0n) is 11.3. The van der Waals surface area contributed by atoms with Gasteiger partial charge in [-0.2, -0.15) is 0 Å². The second kappa shape index (κ2) is 5.65. The molecule has 0 saturated heterocycles. The van der Waals surface area contributed by atoms with E-state index in [1.54, 1.807) is 6.92 Å². The number of aliphatic hydroxyl groups excluding tert-OH is 2. The van der Waals surface area contributed by atoms with Crippen molar-refractivity contribution < 1.29 is 10.2 Å². The van der Waals surface area contributed by atoms with Crippen molar-refractivity contribution in [1.82, 2.24) is 0 Å². The molecule has 0 bridgehead atoms. The molecule has 17 heavy (non-hydrogen) atoms. The topological polar surface area (TPSA) is 40.5 Å². The molecule has 2 unspecified atom stereocenters. The summed E-state index contributed by atoms with van der Waals surface area (Å²) in [5, 5.41) is 18.7. The van der Waals surface area contributed by atoms with Crippen LogP contribution in [0.5, 0.6) is 0 Å². The Kier molecular flexibility index (Phi) is 4.72. The number of aliphatic hydroxyl groups is 2. The van der Waals surface area contributed by atoms with Crippen LogP contribution in [0, 0.1) is 0 Å². The van der Waals surface area contributed by atoms with E-state index in [-0.39, 0.29) is 5.41 Å². The van der Waals surface area contributed by atoms with Crippen LogP contribution in [0.1, 0.15) is 45.2 Å². The zero-order chi connectivity index (χ0) is 13.1. The van der Waals surface area contributed by atoms with Gasteiger partial charge >= 0.3 is 0 Å². The average molecular weight is 236 g/mol. The lowest BCUT2D eigenvalue weighted by atomic mass is 9.86. The van der Waals surface area contributed by atoms with Crippen LogP contribution in [-0.4, -0.2) is 22.4 Å². The lowest BCUT2D eigenvalue weighted by Crippen LogP contribution is -2.22. The monoisotopic (exact) mass is 236 g/mol. The fourth-order valence-electron chi connectivity index (χ4n) is 1.73. The summed E-state index contributed by atoms with van der Waals surface area (Å²) in [6.45, 7) is 8.20. The van der Waals surface area contributed by atoms with Crippen LogP contribution in [0.3, 0.4) is 0 Å². The number of hydrogen-bond acceptors (Lipinski definition) is 2. The van der Waals surface area contributed by atoms with Crippen molar-refractivity contribution in [3.63, 3.8) is 0 Å². The summed E-state index contributed by atoms with van der Waals surface area (Å²) >= 11 is 0. The lowest BCUT2D eigenvalue weighted by Gasteiger charge is -2.19. The molecule has 2 N–H and O–H groups in total. The van der Waals surface area contributed by atoms with Crippen molar-refractivity contribution in [2.45, 2.75) is 58.2 Å². The van der Waals surface area contributed by atoms with E-state index in [9.17, 15) is 10.2 Å². The van der Waals surface area contributed by atoms with Crippen LogP contribution in [0.2, 0.25) is 0 Å². The molecule has 2 atom stereocenters. The van der Waals surface area contributed by atoms with Crippen LogP contribution >= 0.6 is 0 Å². The molecular formula is C15H24O2. The van der Waals surface area contributed by atoms with Crippen molar-refractivity contribution in [2.24, 2.45) is 0 Å². The molecular weight excluding hydrogens is 212 g/mol. The Morgan fingerprint density at radius 1 is 1.06 bits per heavy atom. The zero-order valence-corrected chi connectivity index (χ0v) is 11.3. The molecule has 0 saturated carbocycles. The Morgan fingerprint density at radius 2 is 1.59 bits per heavy atom.